The fourth-order valence-electron chi connectivity index (χ4n) is 4.16. The molecule has 1 N–H and O–H groups in total. The minimum absolute atomic E-state index is 0.156. The van der Waals surface area contributed by atoms with Gasteiger partial charge in [0.1, 0.15) is 5.75 Å². The van der Waals surface area contributed by atoms with Gasteiger partial charge in [0, 0.05) is 23.3 Å². The van der Waals surface area contributed by atoms with Gasteiger partial charge in [0.25, 0.3) is 5.91 Å². The van der Waals surface area contributed by atoms with Crippen LogP contribution in [-0.2, 0) is 0 Å². The van der Waals surface area contributed by atoms with Crippen LogP contribution in [0.15, 0.2) is 47.6 Å². The van der Waals surface area contributed by atoms with Crippen molar-refractivity contribution in [3.63, 3.8) is 0 Å². The molecule has 1 aliphatic heterocycles. The third kappa shape index (κ3) is 4.03. The maximum atomic E-state index is 12.2. The predicted octanol–water partition coefficient (Wildman–Crippen LogP) is 4.57. The Morgan fingerprint density at radius 2 is 2.00 bits per heavy atom. The number of hydrogen-bond acceptors (Lipinski definition) is 4. The van der Waals surface area contributed by atoms with Crippen LogP contribution in [0, 0.1) is 0 Å². The highest BCUT2D eigenvalue weighted by molar-refractivity contribution is 5.95. The molecule has 1 atom stereocenters. The van der Waals surface area contributed by atoms with E-state index in [1.807, 2.05) is 0 Å². The minimum Gasteiger partial charge on any atom is -0.497 e. The van der Waals surface area contributed by atoms with Crippen LogP contribution in [0.1, 0.15) is 61.5 Å². The summed E-state index contributed by atoms with van der Waals surface area (Å²) < 4.78 is 5.11. The van der Waals surface area contributed by atoms with Crippen molar-refractivity contribution in [1.29, 1.82) is 0 Å². The van der Waals surface area contributed by atoms with Crippen LogP contribution in [0.5, 0.6) is 5.75 Å². The summed E-state index contributed by atoms with van der Waals surface area (Å²) in [5, 5.41) is 4.13. The van der Waals surface area contributed by atoms with Gasteiger partial charge < -0.3 is 9.64 Å². The van der Waals surface area contributed by atoms with Gasteiger partial charge in [0.2, 0.25) is 0 Å². The summed E-state index contributed by atoms with van der Waals surface area (Å²) in [5.74, 6) is 0.951. The third-order valence-electron chi connectivity index (χ3n) is 5.46. The van der Waals surface area contributed by atoms with E-state index >= 15 is 0 Å². The van der Waals surface area contributed by atoms with Crippen molar-refractivity contribution >= 4 is 17.8 Å². The molecule has 0 saturated carbocycles. The zero-order valence-electron chi connectivity index (χ0n) is 17.3. The summed E-state index contributed by atoms with van der Waals surface area (Å²) in [6.07, 6.45) is 2.81. The highest BCUT2D eigenvalue weighted by Crippen LogP contribution is 2.43. The van der Waals surface area contributed by atoms with Crippen LogP contribution in [-0.4, -0.2) is 31.3 Å². The molecule has 28 heavy (non-hydrogen) atoms. The molecule has 5 heteroatoms. The molecule has 1 amide bonds. The number of methoxy groups -OCH3 is 1. The molecule has 0 aromatic heterocycles. The maximum absolute atomic E-state index is 12.2. The molecule has 1 aliphatic rings. The molecule has 5 nitrogen and oxygen atoms in total. The molecule has 0 aliphatic carbocycles. The number of hydrogen-bond donors (Lipinski definition) is 1. The molecule has 0 saturated heterocycles. The summed E-state index contributed by atoms with van der Waals surface area (Å²) in [5.41, 5.74) is 6.90. The average Bonchev–Trinajstić information content (AvgIpc) is 2.68. The largest absolute Gasteiger partial charge is 0.497 e. The van der Waals surface area contributed by atoms with Crippen molar-refractivity contribution < 1.29 is 9.53 Å². The molecule has 1 heterocycles. The van der Waals surface area contributed by atoms with Crippen molar-refractivity contribution in [3.05, 3.63) is 59.2 Å². The quantitative estimate of drug-likeness (QED) is 0.611. The fourth-order valence-corrected chi connectivity index (χ4v) is 4.16. The smallest absolute Gasteiger partial charge is 0.271 e. The second kappa shape index (κ2) is 8.05. The lowest BCUT2D eigenvalue weighted by Crippen LogP contribution is -2.48. The van der Waals surface area contributed by atoms with Gasteiger partial charge in [-0.3, -0.25) is 4.79 Å². The minimum atomic E-state index is -0.246. The van der Waals surface area contributed by atoms with Crippen LogP contribution in [0.3, 0.4) is 0 Å². The first-order valence-corrected chi connectivity index (χ1v) is 9.74. The van der Waals surface area contributed by atoms with E-state index in [1.54, 1.807) is 37.6 Å². The summed E-state index contributed by atoms with van der Waals surface area (Å²) in [6.45, 7) is 10.1. The van der Waals surface area contributed by atoms with Crippen molar-refractivity contribution in [2.75, 3.05) is 18.6 Å². The Labute approximate surface area is 167 Å². The molecule has 0 spiro atoms. The number of carbonyl (C=O) groups excluding carboxylic acids is 1. The summed E-state index contributed by atoms with van der Waals surface area (Å²) in [4.78, 5) is 14.7. The van der Waals surface area contributed by atoms with E-state index in [0.29, 0.717) is 17.2 Å². The first-order chi connectivity index (χ1) is 13.4. The van der Waals surface area contributed by atoms with Gasteiger partial charge in [-0.25, -0.2) is 5.43 Å². The number of carbonyl (C=O) groups is 1. The predicted molar refractivity (Wildman–Crippen MR) is 115 cm³/mol. The van der Waals surface area contributed by atoms with Gasteiger partial charge in [-0.2, -0.15) is 5.10 Å². The first-order valence-electron chi connectivity index (χ1n) is 9.74. The lowest BCUT2D eigenvalue weighted by molar-refractivity contribution is 0.0955. The number of amides is 1. The number of fused-ring (bicyclic) bond motifs is 1. The normalized spacial score (nSPS) is 18.0. The molecule has 0 fully saturated rings. The van der Waals surface area contributed by atoms with E-state index in [-0.39, 0.29) is 11.4 Å². The molecular weight excluding hydrogens is 350 g/mol. The molecule has 2 aromatic carbocycles. The number of rotatable bonds is 5. The van der Waals surface area contributed by atoms with Gasteiger partial charge in [0.05, 0.1) is 13.3 Å². The molecule has 148 valence electrons. The summed E-state index contributed by atoms with van der Waals surface area (Å²) in [6, 6.07) is 13.3. The average molecular weight is 380 g/mol. The molecule has 3 rings (SSSR count). The van der Waals surface area contributed by atoms with Crippen LogP contribution in [0.4, 0.5) is 5.69 Å². The highest BCUT2D eigenvalue weighted by Gasteiger charge is 2.35. The number of benzene rings is 2. The third-order valence-corrected chi connectivity index (χ3v) is 5.46. The molecule has 1 unspecified atom stereocenters. The van der Waals surface area contributed by atoms with Crippen molar-refractivity contribution in [2.24, 2.45) is 5.10 Å². The van der Waals surface area contributed by atoms with Crippen molar-refractivity contribution in [3.8, 4) is 5.75 Å². The van der Waals surface area contributed by atoms with Gasteiger partial charge in [-0.05, 0) is 80.6 Å². The van der Waals surface area contributed by atoms with E-state index in [2.05, 4.69) is 61.3 Å². The van der Waals surface area contributed by atoms with Gasteiger partial charge in [-0.15, -0.1) is 0 Å². The number of nitrogens with one attached hydrogen (secondary N) is 1. The molecule has 0 radical (unpaired) electrons. The second-order valence-electron chi connectivity index (χ2n) is 7.91. The highest BCUT2D eigenvalue weighted by atomic mass is 16.5. The topological polar surface area (TPSA) is 53.9 Å². The summed E-state index contributed by atoms with van der Waals surface area (Å²) in [7, 11) is 1.60. The Balaban J connectivity index is 1.73. The van der Waals surface area contributed by atoms with Crippen LogP contribution < -0.4 is 15.1 Å². The Kier molecular flexibility index (Phi) is 5.73. The first kappa shape index (κ1) is 19.9. The van der Waals surface area contributed by atoms with E-state index in [9.17, 15) is 4.79 Å². The summed E-state index contributed by atoms with van der Waals surface area (Å²) >= 11 is 0. The zero-order chi connectivity index (χ0) is 20.3. The molecule has 0 bridgehead atoms. The number of hydrazone groups is 1. The van der Waals surface area contributed by atoms with E-state index < -0.39 is 0 Å². The van der Waals surface area contributed by atoms with E-state index in [1.165, 1.54) is 11.3 Å². The maximum Gasteiger partial charge on any atom is 0.271 e. The Bertz CT molecular complexity index is 872. The lowest BCUT2D eigenvalue weighted by Gasteiger charge is -2.47. The number of anilines is 1. The monoisotopic (exact) mass is 379 g/mol. The fraction of sp³-hybridized carbons (Fsp3) is 0.391. The lowest BCUT2D eigenvalue weighted by atomic mass is 9.79. The van der Waals surface area contributed by atoms with Crippen LogP contribution in [0.25, 0.3) is 0 Å². The SMILES string of the molecule is CCN1c2ccc(/C=N\NC(=O)c3ccc(OC)cc3)cc2C(C)CC1(C)C. The Hall–Kier alpha value is -2.82. The molecular formula is C23H29N3O2. The van der Waals surface area contributed by atoms with Crippen LogP contribution >= 0.6 is 0 Å². The Morgan fingerprint density at radius 1 is 1.29 bits per heavy atom. The standard InChI is InChI=1S/C23H29N3O2/c1-6-26-21-12-7-17(13-20(21)16(2)14-23(26,3)4)15-24-25-22(27)18-8-10-19(28-5)11-9-18/h7-13,15-16H,6,14H2,1-5H3,(H,25,27)/b24-15-. The zero-order valence-corrected chi connectivity index (χ0v) is 17.3. The van der Waals surface area contributed by atoms with Crippen molar-refractivity contribution in [2.45, 2.75) is 45.6 Å². The van der Waals surface area contributed by atoms with E-state index in [4.69, 9.17) is 4.74 Å². The van der Waals surface area contributed by atoms with Crippen LogP contribution in [0.2, 0.25) is 0 Å². The second-order valence-corrected chi connectivity index (χ2v) is 7.91. The van der Waals surface area contributed by atoms with Gasteiger partial charge in [0.15, 0.2) is 0 Å². The van der Waals surface area contributed by atoms with Gasteiger partial charge in [-0.1, -0.05) is 13.0 Å². The molecule has 2 aromatic rings. The van der Waals surface area contributed by atoms with E-state index in [0.717, 1.165) is 18.5 Å². The Morgan fingerprint density at radius 3 is 2.64 bits per heavy atom. The van der Waals surface area contributed by atoms with Gasteiger partial charge >= 0.3 is 0 Å². The number of ether oxygens (including phenoxy) is 1. The van der Waals surface area contributed by atoms with Crippen molar-refractivity contribution in [1.82, 2.24) is 5.43 Å². The number of nitrogens with zero attached hydrogens (tertiary/aromatic N) is 2.